The van der Waals surface area contributed by atoms with Crippen molar-refractivity contribution in [1.29, 1.82) is 0 Å². The molecular weight excluding hydrogens is 204 g/mol. The third kappa shape index (κ3) is 3.76. The SMILES string of the molecule is CNC(=O)C(CC(C)C)NC1CCOC1C. The third-order valence-corrected chi connectivity index (χ3v) is 3.06. The van der Waals surface area contributed by atoms with Crippen LogP contribution in [0.1, 0.15) is 33.6 Å². The molecule has 2 N–H and O–H groups in total. The van der Waals surface area contributed by atoms with Gasteiger partial charge in [0.05, 0.1) is 12.1 Å². The molecule has 3 atom stereocenters. The largest absolute Gasteiger partial charge is 0.377 e. The molecule has 16 heavy (non-hydrogen) atoms. The van der Waals surface area contributed by atoms with Crippen molar-refractivity contribution in [1.82, 2.24) is 10.6 Å². The van der Waals surface area contributed by atoms with Gasteiger partial charge in [0, 0.05) is 19.7 Å². The fraction of sp³-hybridized carbons (Fsp3) is 0.917. The topological polar surface area (TPSA) is 50.4 Å². The number of rotatable bonds is 5. The van der Waals surface area contributed by atoms with Crippen LogP contribution in [0.25, 0.3) is 0 Å². The summed E-state index contributed by atoms with van der Waals surface area (Å²) in [6.07, 6.45) is 2.06. The molecule has 94 valence electrons. The first-order valence-electron chi connectivity index (χ1n) is 6.13. The maximum absolute atomic E-state index is 11.7. The van der Waals surface area contributed by atoms with Gasteiger partial charge in [-0.25, -0.2) is 0 Å². The summed E-state index contributed by atoms with van der Waals surface area (Å²) in [7, 11) is 1.69. The Labute approximate surface area is 98.1 Å². The number of likely N-dealkylation sites (N-methyl/N-ethyl adjacent to an activating group) is 1. The molecule has 1 saturated heterocycles. The second-order valence-corrected chi connectivity index (χ2v) is 4.93. The maximum atomic E-state index is 11.7. The van der Waals surface area contributed by atoms with E-state index >= 15 is 0 Å². The Hall–Kier alpha value is -0.610. The van der Waals surface area contributed by atoms with Crippen molar-refractivity contribution in [2.75, 3.05) is 13.7 Å². The molecule has 3 unspecified atom stereocenters. The fourth-order valence-corrected chi connectivity index (χ4v) is 2.11. The van der Waals surface area contributed by atoms with E-state index in [1.807, 2.05) is 0 Å². The van der Waals surface area contributed by atoms with Crippen LogP contribution in [0.15, 0.2) is 0 Å². The summed E-state index contributed by atoms with van der Waals surface area (Å²) < 4.78 is 5.49. The van der Waals surface area contributed by atoms with E-state index in [1.54, 1.807) is 7.05 Å². The molecule has 1 rings (SSSR count). The smallest absolute Gasteiger partial charge is 0.236 e. The number of hydrogen-bond acceptors (Lipinski definition) is 3. The lowest BCUT2D eigenvalue weighted by atomic mass is 10.0. The second-order valence-electron chi connectivity index (χ2n) is 4.93. The van der Waals surface area contributed by atoms with Crippen molar-refractivity contribution in [2.45, 2.75) is 51.8 Å². The molecule has 0 radical (unpaired) electrons. The van der Waals surface area contributed by atoms with E-state index in [2.05, 4.69) is 31.4 Å². The van der Waals surface area contributed by atoms with E-state index in [-0.39, 0.29) is 18.1 Å². The molecular formula is C12H24N2O2. The number of nitrogens with one attached hydrogen (secondary N) is 2. The van der Waals surface area contributed by atoms with E-state index in [1.165, 1.54) is 0 Å². The Morgan fingerprint density at radius 3 is 2.62 bits per heavy atom. The molecule has 0 bridgehead atoms. The zero-order valence-electron chi connectivity index (χ0n) is 10.7. The first kappa shape index (κ1) is 13.5. The van der Waals surface area contributed by atoms with Crippen LogP contribution in [0.4, 0.5) is 0 Å². The van der Waals surface area contributed by atoms with Crippen molar-refractivity contribution >= 4 is 5.91 Å². The van der Waals surface area contributed by atoms with Crippen molar-refractivity contribution < 1.29 is 9.53 Å². The molecule has 4 nitrogen and oxygen atoms in total. The highest BCUT2D eigenvalue weighted by molar-refractivity contribution is 5.81. The van der Waals surface area contributed by atoms with Gasteiger partial charge in [-0.05, 0) is 25.7 Å². The normalized spacial score (nSPS) is 27.1. The van der Waals surface area contributed by atoms with Crippen molar-refractivity contribution in [3.63, 3.8) is 0 Å². The minimum atomic E-state index is -0.0980. The first-order chi connectivity index (χ1) is 7.54. The molecule has 1 heterocycles. The van der Waals surface area contributed by atoms with Gasteiger partial charge in [0.2, 0.25) is 5.91 Å². The molecule has 0 aromatic heterocycles. The predicted molar refractivity (Wildman–Crippen MR) is 64.3 cm³/mol. The van der Waals surface area contributed by atoms with Crippen LogP contribution in [0, 0.1) is 5.92 Å². The molecule has 0 aliphatic carbocycles. The predicted octanol–water partition coefficient (Wildman–Crippen LogP) is 0.914. The lowest BCUT2D eigenvalue weighted by Gasteiger charge is -2.24. The van der Waals surface area contributed by atoms with Gasteiger partial charge >= 0.3 is 0 Å². The number of carbonyl (C=O) groups is 1. The summed E-state index contributed by atoms with van der Waals surface area (Å²) in [5.74, 6) is 0.584. The van der Waals surface area contributed by atoms with E-state index < -0.39 is 0 Å². The molecule has 1 amide bonds. The molecule has 0 aromatic carbocycles. The zero-order valence-corrected chi connectivity index (χ0v) is 10.7. The second kappa shape index (κ2) is 6.21. The Morgan fingerprint density at radius 1 is 1.50 bits per heavy atom. The van der Waals surface area contributed by atoms with Crippen LogP contribution < -0.4 is 10.6 Å². The summed E-state index contributed by atoms with van der Waals surface area (Å²) >= 11 is 0. The van der Waals surface area contributed by atoms with E-state index in [0.717, 1.165) is 19.4 Å². The number of hydrogen-bond donors (Lipinski definition) is 2. The van der Waals surface area contributed by atoms with Gasteiger partial charge in [-0.15, -0.1) is 0 Å². The number of carbonyl (C=O) groups excluding carboxylic acids is 1. The van der Waals surface area contributed by atoms with Gasteiger partial charge in [0.15, 0.2) is 0 Å². The van der Waals surface area contributed by atoms with Crippen LogP contribution in [0.5, 0.6) is 0 Å². The molecule has 1 aliphatic heterocycles. The third-order valence-electron chi connectivity index (χ3n) is 3.06. The fourth-order valence-electron chi connectivity index (χ4n) is 2.11. The van der Waals surface area contributed by atoms with Crippen LogP contribution in [-0.2, 0) is 9.53 Å². The lowest BCUT2D eigenvalue weighted by Crippen LogP contribution is -2.50. The van der Waals surface area contributed by atoms with Crippen molar-refractivity contribution in [3.05, 3.63) is 0 Å². The summed E-state index contributed by atoms with van der Waals surface area (Å²) in [6, 6.07) is 0.209. The van der Waals surface area contributed by atoms with Gasteiger partial charge in [0.1, 0.15) is 0 Å². The van der Waals surface area contributed by atoms with Crippen molar-refractivity contribution in [2.24, 2.45) is 5.92 Å². The van der Waals surface area contributed by atoms with Crippen LogP contribution in [0.2, 0.25) is 0 Å². The molecule has 0 saturated carbocycles. The first-order valence-corrected chi connectivity index (χ1v) is 6.13. The van der Waals surface area contributed by atoms with Gasteiger partial charge in [-0.2, -0.15) is 0 Å². The van der Waals surface area contributed by atoms with E-state index in [9.17, 15) is 4.79 Å². The van der Waals surface area contributed by atoms with Crippen LogP contribution in [0.3, 0.4) is 0 Å². The summed E-state index contributed by atoms with van der Waals surface area (Å²) in [6.45, 7) is 7.11. The van der Waals surface area contributed by atoms with E-state index in [0.29, 0.717) is 12.0 Å². The lowest BCUT2D eigenvalue weighted by molar-refractivity contribution is -0.123. The average molecular weight is 228 g/mol. The minimum Gasteiger partial charge on any atom is -0.377 e. The quantitative estimate of drug-likeness (QED) is 0.735. The standard InChI is InChI=1S/C12H24N2O2/c1-8(2)7-11(12(15)13-4)14-10-5-6-16-9(10)3/h8-11,14H,5-7H2,1-4H3,(H,13,15). The summed E-state index contributed by atoms with van der Waals surface area (Å²) in [5.41, 5.74) is 0. The highest BCUT2D eigenvalue weighted by Gasteiger charge is 2.29. The summed E-state index contributed by atoms with van der Waals surface area (Å²) in [4.78, 5) is 11.7. The molecule has 1 fully saturated rings. The van der Waals surface area contributed by atoms with Gasteiger partial charge in [-0.1, -0.05) is 13.8 Å². The maximum Gasteiger partial charge on any atom is 0.236 e. The minimum absolute atomic E-state index is 0.0767. The van der Waals surface area contributed by atoms with Gasteiger partial charge < -0.3 is 15.4 Å². The number of ether oxygens (including phenoxy) is 1. The Balaban J connectivity index is 2.52. The van der Waals surface area contributed by atoms with Gasteiger partial charge in [-0.3, -0.25) is 4.79 Å². The monoisotopic (exact) mass is 228 g/mol. The molecule has 4 heteroatoms. The number of amides is 1. The Bertz CT molecular complexity index is 231. The molecule has 0 spiro atoms. The average Bonchev–Trinajstić information content (AvgIpc) is 2.61. The Kier molecular flexibility index (Phi) is 5.22. The molecule has 0 aromatic rings. The van der Waals surface area contributed by atoms with Crippen molar-refractivity contribution in [3.8, 4) is 0 Å². The van der Waals surface area contributed by atoms with E-state index in [4.69, 9.17) is 4.74 Å². The van der Waals surface area contributed by atoms with Crippen LogP contribution >= 0.6 is 0 Å². The molecule has 1 aliphatic rings. The highest BCUT2D eigenvalue weighted by Crippen LogP contribution is 2.15. The zero-order chi connectivity index (χ0) is 12.1. The van der Waals surface area contributed by atoms with Gasteiger partial charge in [0.25, 0.3) is 0 Å². The Morgan fingerprint density at radius 2 is 2.19 bits per heavy atom. The highest BCUT2D eigenvalue weighted by atomic mass is 16.5. The summed E-state index contributed by atoms with van der Waals surface area (Å²) in [5, 5.41) is 6.13. The van der Waals surface area contributed by atoms with Crippen LogP contribution in [-0.4, -0.2) is 37.7 Å².